The van der Waals surface area contributed by atoms with Crippen molar-refractivity contribution < 1.29 is 15.1 Å². The Bertz CT molecular complexity index is 152. The molecule has 4 nitrogen and oxygen atoms in total. The molecule has 0 aromatic rings. The van der Waals surface area contributed by atoms with Crippen molar-refractivity contribution in [2.45, 2.75) is 39.2 Å². The summed E-state index contributed by atoms with van der Waals surface area (Å²) < 4.78 is 0. The molecule has 1 unspecified atom stereocenters. The van der Waals surface area contributed by atoms with Gasteiger partial charge in [0.2, 0.25) is 0 Å². The zero-order chi connectivity index (χ0) is 9.78. The van der Waals surface area contributed by atoms with Gasteiger partial charge in [0, 0.05) is 0 Å². The van der Waals surface area contributed by atoms with Gasteiger partial charge in [-0.2, -0.15) is 5.48 Å². The normalized spacial score (nSPS) is 16.1. The minimum atomic E-state index is -1.17. The summed E-state index contributed by atoms with van der Waals surface area (Å²) in [4.78, 5) is 10.8. The second-order valence-electron chi connectivity index (χ2n) is 3.45. The number of hydrogen-bond acceptors (Lipinski definition) is 3. The van der Waals surface area contributed by atoms with Gasteiger partial charge in [-0.15, -0.1) is 0 Å². The van der Waals surface area contributed by atoms with E-state index in [4.69, 9.17) is 10.3 Å². The van der Waals surface area contributed by atoms with Gasteiger partial charge in [0.05, 0.1) is 0 Å². The van der Waals surface area contributed by atoms with Gasteiger partial charge in [-0.25, -0.2) is 0 Å². The Morgan fingerprint density at radius 3 is 2.17 bits per heavy atom. The Morgan fingerprint density at radius 1 is 1.58 bits per heavy atom. The van der Waals surface area contributed by atoms with Crippen LogP contribution in [0.2, 0.25) is 0 Å². The first kappa shape index (κ1) is 11.4. The first-order chi connectivity index (χ1) is 5.48. The molecule has 0 aromatic carbocycles. The SMILES string of the molecule is CCC(CC(C)C)(NO)C(=O)O. The molecule has 0 rings (SSSR count). The third kappa shape index (κ3) is 2.46. The molecular weight excluding hydrogens is 158 g/mol. The molecule has 0 bridgehead atoms. The quantitative estimate of drug-likeness (QED) is 0.550. The molecule has 0 fully saturated rings. The highest BCUT2D eigenvalue weighted by molar-refractivity contribution is 5.78. The molecule has 0 amide bonds. The fraction of sp³-hybridized carbons (Fsp3) is 0.875. The molecular formula is C8H17NO3. The summed E-state index contributed by atoms with van der Waals surface area (Å²) in [6.45, 7) is 5.58. The predicted octanol–water partition coefficient (Wildman–Crippen LogP) is 1.24. The Labute approximate surface area is 72.5 Å². The molecule has 0 spiro atoms. The van der Waals surface area contributed by atoms with Gasteiger partial charge in [-0.05, 0) is 18.8 Å². The maximum Gasteiger partial charge on any atom is 0.326 e. The fourth-order valence-corrected chi connectivity index (χ4v) is 1.25. The third-order valence-corrected chi connectivity index (χ3v) is 1.98. The van der Waals surface area contributed by atoms with Crippen LogP contribution >= 0.6 is 0 Å². The lowest BCUT2D eigenvalue weighted by Gasteiger charge is -2.27. The molecule has 0 aromatic heterocycles. The number of carboxylic acid groups (broad SMARTS) is 1. The maximum atomic E-state index is 10.8. The van der Waals surface area contributed by atoms with E-state index in [2.05, 4.69) is 0 Å². The summed E-state index contributed by atoms with van der Waals surface area (Å²) in [6.07, 6.45) is 0.798. The van der Waals surface area contributed by atoms with Crippen LogP contribution in [-0.4, -0.2) is 21.8 Å². The molecule has 1 atom stereocenters. The number of carboxylic acids is 1. The molecule has 0 aliphatic rings. The Balaban J connectivity index is 4.46. The number of hydroxylamine groups is 1. The van der Waals surface area contributed by atoms with E-state index in [-0.39, 0.29) is 5.92 Å². The van der Waals surface area contributed by atoms with Crippen LogP contribution in [-0.2, 0) is 4.79 Å². The van der Waals surface area contributed by atoms with Crippen LogP contribution in [0.5, 0.6) is 0 Å². The summed E-state index contributed by atoms with van der Waals surface area (Å²) >= 11 is 0. The van der Waals surface area contributed by atoms with Gasteiger partial charge < -0.3 is 10.3 Å². The van der Waals surface area contributed by atoms with Crippen molar-refractivity contribution in [2.24, 2.45) is 5.92 Å². The minimum absolute atomic E-state index is 0.237. The standard InChI is InChI=1S/C8H17NO3/c1-4-8(9-12,7(10)11)5-6(2)3/h6,9,12H,4-5H2,1-3H3,(H,10,11). The van der Waals surface area contributed by atoms with E-state index < -0.39 is 11.5 Å². The van der Waals surface area contributed by atoms with Crippen LogP contribution in [0.1, 0.15) is 33.6 Å². The first-order valence-corrected chi connectivity index (χ1v) is 4.13. The Hall–Kier alpha value is -0.610. The smallest absolute Gasteiger partial charge is 0.326 e. The van der Waals surface area contributed by atoms with Crippen molar-refractivity contribution >= 4 is 5.97 Å². The van der Waals surface area contributed by atoms with Crippen LogP contribution in [0, 0.1) is 5.92 Å². The van der Waals surface area contributed by atoms with Gasteiger partial charge >= 0.3 is 5.97 Å². The first-order valence-electron chi connectivity index (χ1n) is 4.13. The largest absolute Gasteiger partial charge is 0.480 e. The molecule has 0 saturated carbocycles. The molecule has 3 N–H and O–H groups in total. The van der Waals surface area contributed by atoms with Crippen LogP contribution < -0.4 is 5.48 Å². The van der Waals surface area contributed by atoms with Crippen LogP contribution in [0.4, 0.5) is 0 Å². The molecule has 0 heterocycles. The zero-order valence-corrected chi connectivity index (χ0v) is 7.79. The van der Waals surface area contributed by atoms with E-state index in [0.717, 1.165) is 0 Å². The van der Waals surface area contributed by atoms with Crippen LogP contribution in [0.15, 0.2) is 0 Å². The predicted molar refractivity (Wildman–Crippen MR) is 45.0 cm³/mol. The number of aliphatic carboxylic acids is 1. The highest BCUT2D eigenvalue weighted by Crippen LogP contribution is 2.20. The number of hydrogen-bond donors (Lipinski definition) is 3. The van der Waals surface area contributed by atoms with Gasteiger partial charge in [0.15, 0.2) is 0 Å². The van der Waals surface area contributed by atoms with E-state index in [1.807, 2.05) is 19.3 Å². The van der Waals surface area contributed by atoms with Crippen molar-refractivity contribution in [3.63, 3.8) is 0 Å². The van der Waals surface area contributed by atoms with E-state index in [0.29, 0.717) is 12.8 Å². The topological polar surface area (TPSA) is 69.6 Å². The summed E-state index contributed by atoms with van der Waals surface area (Å²) in [5, 5.41) is 17.6. The van der Waals surface area contributed by atoms with Gasteiger partial charge in [0.25, 0.3) is 0 Å². The molecule has 0 radical (unpaired) electrons. The van der Waals surface area contributed by atoms with E-state index in [1.54, 1.807) is 6.92 Å². The molecule has 0 saturated heterocycles. The monoisotopic (exact) mass is 175 g/mol. The van der Waals surface area contributed by atoms with Crippen molar-refractivity contribution in [2.75, 3.05) is 0 Å². The summed E-state index contributed by atoms with van der Waals surface area (Å²) in [7, 11) is 0. The number of nitrogens with one attached hydrogen (secondary N) is 1. The molecule has 0 aliphatic carbocycles. The summed E-state index contributed by atoms with van der Waals surface area (Å²) in [5.74, 6) is -0.762. The van der Waals surface area contributed by atoms with E-state index >= 15 is 0 Å². The molecule has 4 heteroatoms. The Morgan fingerprint density at radius 2 is 2.08 bits per heavy atom. The van der Waals surface area contributed by atoms with Crippen molar-refractivity contribution in [3.05, 3.63) is 0 Å². The molecule has 12 heavy (non-hydrogen) atoms. The average molecular weight is 175 g/mol. The minimum Gasteiger partial charge on any atom is -0.480 e. The highest BCUT2D eigenvalue weighted by Gasteiger charge is 2.36. The lowest BCUT2D eigenvalue weighted by molar-refractivity contribution is -0.151. The van der Waals surface area contributed by atoms with Gasteiger partial charge in [0.1, 0.15) is 5.54 Å². The average Bonchev–Trinajstić information content (AvgIpc) is 1.99. The Kier molecular flexibility index (Phi) is 4.20. The third-order valence-electron chi connectivity index (χ3n) is 1.98. The second-order valence-corrected chi connectivity index (χ2v) is 3.45. The van der Waals surface area contributed by atoms with Crippen molar-refractivity contribution in [1.82, 2.24) is 5.48 Å². The van der Waals surface area contributed by atoms with Crippen molar-refractivity contribution in [1.29, 1.82) is 0 Å². The maximum absolute atomic E-state index is 10.8. The number of carbonyl (C=O) groups is 1. The van der Waals surface area contributed by atoms with Crippen LogP contribution in [0.3, 0.4) is 0 Å². The number of rotatable bonds is 5. The van der Waals surface area contributed by atoms with Crippen LogP contribution in [0.25, 0.3) is 0 Å². The second kappa shape index (κ2) is 4.42. The molecule has 0 aliphatic heterocycles. The summed E-state index contributed by atoms with van der Waals surface area (Å²) in [5.41, 5.74) is 0.724. The lowest BCUT2D eigenvalue weighted by atomic mass is 9.87. The van der Waals surface area contributed by atoms with Gasteiger partial charge in [-0.1, -0.05) is 20.8 Å². The van der Waals surface area contributed by atoms with Crippen molar-refractivity contribution in [3.8, 4) is 0 Å². The van der Waals surface area contributed by atoms with E-state index in [1.165, 1.54) is 0 Å². The highest BCUT2D eigenvalue weighted by atomic mass is 16.5. The molecule has 72 valence electrons. The fourth-order valence-electron chi connectivity index (χ4n) is 1.25. The van der Waals surface area contributed by atoms with Gasteiger partial charge in [-0.3, -0.25) is 4.79 Å². The van der Waals surface area contributed by atoms with E-state index in [9.17, 15) is 4.79 Å². The zero-order valence-electron chi connectivity index (χ0n) is 7.79. The summed E-state index contributed by atoms with van der Waals surface area (Å²) in [6, 6.07) is 0. The lowest BCUT2D eigenvalue weighted by Crippen LogP contribution is -2.51.